The lowest BCUT2D eigenvalue weighted by molar-refractivity contribution is 0.112. The lowest BCUT2D eigenvalue weighted by atomic mass is 10.2. The number of carbonyl (C=O) groups is 1. The molecule has 0 bridgehead atoms. The molecule has 1 N–H and O–H groups in total. The van der Waals surface area contributed by atoms with Gasteiger partial charge in [-0.2, -0.15) is 0 Å². The summed E-state index contributed by atoms with van der Waals surface area (Å²) in [6, 6.07) is 1.89. The number of hydrogen-bond donors (Lipinski definition) is 1. The highest BCUT2D eigenvalue weighted by atomic mass is 79.9. The molecule has 0 spiro atoms. The third-order valence-corrected chi connectivity index (χ3v) is 3.13. The lowest BCUT2D eigenvalue weighted by Crippen LogP contribution is -2.02. The predicted molar refractivity (Wildman–Crippen MR) is 69.8 cm³/mol. The first-order valence-electron chi connectivity index (χ1n) is 4.90. The number of aromatic nitrogens is 2. The van der Waals surface area contributed by atoms with Crippen molar-refractivity contribution in [3.63, 3.8) is 0 Å². The monoisotopic (exact) mass is 347 g/mol. The largest absolute Gasteiger partial charge is 0.337 e. The topological polar surface area (TPSA) is 54.9 Å². The first-order valence-corrected chi connectivity index (χ1v) is 6.07. The number of nitrogens with zero attached hydrogens (tertiary/aromatic N) is 2. The van der Waals surface area contributed by atoms with Crippen LogP contribution in [-0.4, -0.2) is 16.3 Å². The number of benzene rings is 1. The van der Waals surface area contributed by atoms with Gasteiger partial charge in [-0.05, 0) is 22.0 Å². The number of nitrogens with one attached hydrogen (secondary N) is 1. The molecule has 8 heteroatoms. The molecule has 2 aromatic rings. The van der Waals surface area contributed by atoms with Gasteiger partial charge >= 0.3 is 0 Å². The van der Waals surface area contributed by atoms with Gasteiger partial charge in [0.15, 0.2) is 6.29 Å². The molecule has 1 aromatic heterocycles. The van der Waals surface area contributed by atoms with Crippen LogP contribution in [0, 0.1) is 11.6 Å². The van der Waals surface area contributed by atoms with Crippen molar-refractivity contribution in [1.29, 1.82) is 0 Å². The van der Waals surface area contributed by atoms with Gasteiger partial charge in [0, 0.05) is 6.07 Å². The summed E-state index contributed by atoms with van der Waals surface area (Å²) >= 11 is 8.55. The average molecular weight is 349 g/mol. The smallest absolute Gasteiger partial charge is 0.156 e. The molecule has 0 saturated carbocycles. The maximum atomic E-state index is 13.6. The van der Waals surface area contributed by atoms with Gasteiger partial charge in [0.05, 0.1) is 15.7 Å². The van der Waals surface area contributed by atoms with Crippen LogP contribution >= 0.6 is 27.5 Å². The molecule has 0 saturated heterocycles. The number of aldehydes is 1. The Morgan fingerprint density at radius 2 is 2.00 bits per heavy atom. The Labute approximate surface area is 120 Å². The molecule has 19 heavy (non-hydrogen) atoms. The number of rotatable bonds is 3. The summed E-state index contributed by atoms with van der Waals surface area (Å²) in [6.07, 6.45) is 1.53. The number of hydrogen-bond acceptors (Lipinski definition) is 4. The highest BCUT2D eigenvalue weighted by molar-refractivity contribution is 9.10. The van der Waals surface area contributed by atoms with Crippen LogP contribution in [0.25, 0.3) is 0 Å². The Bertz CT molecular complexity index is 654. The van der Waals surface area contributed by atoms with Crippen LogP contribution in [0.4, 0.5) is 20.3 Å². The molecule has 0 aliphatic heterocycles. The Balaban J connectivity index is 2.45. The minimum absolute atomic E-state index is 0.00405. The molecule has 0 amide bonds. The second-order valence-corrected chi connectivity index (χ2v) is 4.63. The van der Waals surface area contributed by atoms with Crippen LogP contribution in [0.3, 0.4) is 0 Å². The van der Waals surface area contributed by atoms with Gasteiger partial charge in [-0.15, -0.1) is 0 Å². The highest BCUT2D eigenvalue weighted by Gasteiger charge is 2.13. The quantitative estimate of drug-likeness (QED) is 0.522. The van der Waals surface area contributed by atoms with Gasteiger partial charge in [-0.25, -0.2) is 18.7 Å². The summed E-state index contributed by atoms with van der Waals surface area (Å²) in [5, 5.41) is 2.42. The molecule has 0 aliphatic carbocycles. The Hall–Kier alpha value is -1.60. The molecule has 0 fully saturated rings. The normalized spacial score (nSPS) is 10.3. The fourth-order valence-corrected chi connectivity index (χ4v) is 1.82. The van der Waals surface area contributed by atoms with E-state index in [4.69, 9.17) is 11.6 Å². The zero-order chi connectivity index (χ0) is 14.0. The van der Waals surface area contributed by atoms with Crippen molar-refractivity contribution in [3.05, 3.63) is 45.3 Å². The van der Waals surface area contributed by atoms with E-state index in [-0.39, 0.29) is 26.7 Å². The summed E-state index contributed by atoms with van der Waals surface area (Å²) in [5.74, 6) is -1.37. The molecule has 0 atom stereocenters. The molecule has 0 unspecified atom stereocenters. The first-order chi connectivity index (χ1) is 9.02. The highest BCUT2D eigenvalue weighted by Crippen LogP contribution is 2.27. The molecule has 4 nitrogen and oxygen atoms in total. The standard InChI is InChI=1S/C11H5BrClF2N3O/c12-6-1-8(15)9(2-7(6)14)18-11-5(3-19)10(13)16-4-17-11/h1-4H,(H,16,17,18). The summed E-state index contributed by atoms with van der Waals surface area (Å²) < 4.78 is 27.0. The number of anilines is 2. The van der Waals surface area contributed by atoms with Crippen LogP contribution in [0.15, 0.2) is 22.9 Å². The molecule has 0 radical (unpaired) electrons. The Morgan fingerprint density at radius 1 is 1.26 bits per heavy atom. The van der Waals surface area contributed by atoms with Crippen molar-refractivity contribution in [2.75, 3.05) is 5.32 Å². The lowest BCUT2D eigenvalue weighted by Gasteiger charge is -2.09. The van der Waals surface area contributed by atoms with Crippen LogP contribution in [0.1, 0.15) is 10.4 Å². The third-order valence-electron chi connectivity index (χ3n) is 2.22. The summed E-state index contributed by atoms with van der Waals surface area (Å²) in [4.78, 5) is 18.2. The Kier molecular flexibility index (Phi) is 4.06. The van der Waals surface area contributed by atoms with Gasteiger partial charge in [0.1, 0.15) is 28.9 Å². The van der Waals surface area contributed by atoms with Crippen molar-refractivity contribution >= 4 is 45.3 Å². The molecule has 1 heterocycles. The minimum Gasteiger partial charge on any atom is -0.337 e. The van der Waals surface area contributed by atoms with Crippen molar-refractivity contribution in [3.8, 4) is 0 Å². The van der Waals surface area contributed by atoms with Gasteiger partial charge in [-0.1, -0.05) is 11.6 Å². The van der Waals surface area contributed by atoms with Crippen molar-refractivity contribution in [2.45, 2.75) is 0 Å². The van der Waals surface area contributed by atoms with Gasteiger partial charge in [-0.3, -0.25) is 4.79 Å². The molecular weight excluding hydrogens is 343 g/mol. The maximum absolute atomic E-state index is 13.6. The first kappa shape index (κ1) is 13.8. The fraction of sp³-hybridized carbons (Fsp3) is 0. The summed E-state index contributed by atoms with van der Waals surface area (Å²) in [6.45, 7) is 0. The van der Waals surface area contributed by atoms with Crippen molar-refractivity contribution < 1.29 is 13.6 Å². The van der Waals surface area contributed by atoms with E-state index in [9.17, 15) is 13.6 Å². The van der Waals surface area contributed by atoms with Crippen molar-refractivity contribution in [1.82, 2.24) is 9.97 Å². The van der Waals surface area contributed by atoms with E-state index in [2.05, 4.69) is 31.2 Å². The fourth-order valence-electron chi connectivity index (χ4n) is 1.32. The molecule has 2 rings (SSSR count). The second-order valence-electron chi connectivity index (χ2n) is 3.42. The van der Waals surface area contributed by atoms with E-state index in [1.54, 1.807) is 0 Å². The van der Waals surface area contributed by atoms with E-state index in [0.717, 1.165) is 18.5 Å². The van der Waals surface area contributed by atoms with Gasteiger partial charge < -0.3 is 5.32 Å². The zero-order valence-corrected chi connectivity index (χ0v) is 11.5. The SMILES string of the molecule is O=Cc1c(Cl)ncnc1Nc1cc(F)c(Br)cc1F. The molecule has 98 valence electrons. The van der Waals surface area contributed by atoms with Crippen LogP contribution in [-0.2, 0) is 0 Å². The van der Waals surface area contributed by atoms with Gasteiger partial charge in [0.2, 0.25) is 0 Å². The molecular formula is C11H5BrClF2N3O. The predicted octanol–water partition coefficient (Wildman–Crippen LogP) is 3.73. The van der Waals surface area contributed by atoms with E-state index in [1.807, 2.05) is 0 Å². The number of halogens is 4. The minimum atomic E-state index is -0.708. The average Bonchev–Trinajstić information content (AvgIpc) is 2.36. The third kappa shape index (κ3) is 2.87. The van der Waals surface area contributed by atoms with Gasteiger partial charge in [0.25, 0.3) is 0 Å². The summed E-state index contributed by atoms with van der Waals surface area (Å²) in [7, 11) is 0. The van der Waals surface area contributed by atoms with Crippen LogP contribution in [0.5, 0.6) is 0 Å². The molecule has 0 aliphatic rings. The number of carbonyl (C=O) groups excluding carboxylic acids is 1. The van der Waals surface area contributed by atoms with E-state index >= 15 is 0 Å². The van der Waals surface area contributed by atoms with E-state index in [0.29, 0.717) is 6.29 Å². The second kappa shape index (κ2) is 5.58. The van der Waals surface area contributed by atoms with Crippen molar-refractivity contribution in [2.24, 2.45) is 0 Å². The maximum Gasteiger partial charge on any atom is 0.156 e. The van der Waals surface area contributed by atoms with E-state index in [1.165, 1.54) is 0 Å². The zero-order valence-electron chi connectivity index (χ0n) is 9.12. The van der Waals surface area contributed by atoms with E-state index < -0.39 is 11.6 Å². The Morgan fingerprint density at radius 3 is 2.68 bits per heavy atom. The van der Waals surface area contributed by atoms with Crippen LogP contribution < -0.4 is 5.32 Å². The molecule has 1 aromatic carbocycles. The summed E-state index contributed by atoms with van der Waals surface area (Å²) in [5.41, 5.74) is -0.203. The van der Waals surface area contributed by atoms with Crippen LogP contribution in [0.2, 0.25) is 5.15 Å².